The summed E-state index contributed by atoms with van der Waals surface area (Å²) in [6, 6.07) is -0.451. The van der Waals surface area contributed by atoms with E-state index >= 15 is 0 Å². The fourth-order valence-corrected chi connectivity index (χ4v) is 2.38. The van der Waals surface area contributed by atoms with E-state index in [-0.39, 0.29) is 24.4 Å². The fraction of sp³-hybridized carbons (Fsp3) is 0.786. The van der Waals surface area contributed by atoms with Crippen molar-refractivity contribution < 1.29 is 14.4 Å². The highest BCUT2D eigenvalue weighted by atomic mass is 16.2. The van der Waals surface area contributed by atoms with Gasteiger partial charge >= 0.3 is 6.03 Å². The molecule has 1 saturated heterocycles. The van der Waals surface area contributed by atoms with Crippen molar-refractivity contribution in [2.45, 2.75) is 59.0 Å². The Balaban J connectivity index is 2.81. The minimum absolute atomic E-state index is 0.0292. The molecule has 6 nitrogen and oxygen atoms in total. The van der Waals surface area contributed by atoms with Crippen LogP contribution in [0.15, 0.2) is 0 Å². The summed E-state index contributed by atoms with van der Waals surface area (Å²) < 4.78 is 0. The third kappa shape index (κ3) is 2.94. The van der Waals surface area contributed by atoms with E-state index in [1.807, 2.05) is 34.6 Å². The second-order valence-corrected chi connectivity index (χ2v) is 5.68. The number of nitrogens with one attached hydrogen (secondary N) is 2. The lowest BCUT2D eigenvalue weighted by molar-refractivity contribution is -0.129. The number of nitrogens with zero attached hydrogens (tertiary/aromatic N) is 1. The molecular weight excluding hydrogens is 258 g/mol. The standard InChI is InChI=1S/C14H25N3O3/c1-6-14(7-2)12(19)16-13(20)17(14)8-11(18)15-10(5)9(3)4/h9-10H,6-8H2,1-5H3,(H,15,18)(H,16,19,20). The molecule has 0 aromatic heterocycles. The van der Waals surface area contributed by atoms with Gasteiger partial charge in [0.25, 0.3) is 5.91 Å². The highest BCUT2D eigenvalue weighted by Gasteiger charge is 2.50. The predicted molar refractivity (Wildman–Crippen MR) is 76.0 cm³/mol. The molecule has 1 atom stereocenters. The molecule has 2 N–H and O–H groups in total. The van der Waals surface area contributed by atoms with Crippen molar-refractivity contribution in [2.75, 3.05) is 6.54 Å². The number of hydrogen-bond acceptors (Lipinski definition) is 3. The Morgan fingerprint density at radius 1 is 1.25 bits per heavy atom. The maximum Gasteiger partial charge on any atom is 0.325 e. The maximum absolute atomic E-state index is 12.0. The molecule has 6 heteroatoms. The minimum Gasteiger partial charge on any atom is -0.352 e. The molecule has 1 heterocycles. The van der Waals surface area contributed by atoms with E-state index in [1.54, 1.807) is 0 Å². The zero-order valence-electron chi connectivity index (χ0n) is 12.9. The number of amides is 4. The van der Waals surface area contributed by atoms with Gasteiger partial charge < -0.3 is 10.2 Å². The number of imide groups is 1. The lowest BCUT2D eigenvalue weighted by Crippen LogP contribution is -2.53. The molecule has 0 bridgehead atoms. The van der Waals surface area contributed by atoms with Gasteiger partial charge in [0, 0.05) is 6.04 Å². The summed E-state index contributed by atoms with van der Waals surface area (Å²) in [6.45, 7) is 9.56. The lowest BCUT2D eigenvalue weighted by atomic mass is 9.91. The van der Waals surface area contributed by atoms with E-state index in [9.17, 15) is 14.4 Å². The molecule has 114 valence electrons. The monoisotopic (exact) mass is 283 g/mol. The Hall–Kier alpha value is -1.59. The minimum atomic E-state index is -0.893. The average molecular weight is 283 g/mol. The average Bonchev–Trinajstić information content (AvgIpc) is 2.61. The zero-order chi connectivity index (χ0) is 15.5. The van der Waals surface area contributed by atoms with Crippen LogP contribution in [-0.2, 0) is 9.59 Å². The van der Waals surface area contributed by atoms with Crippen LogP contribution in [0.2, 0.25) is 0 Å². The molecule has 1 rings (SSSR count). The first kappa shape index (κ1) is 16.5. The van der Waals surface area contributed by atoms with Gasteiger partial charge in [-0.3, -0.25) is 14.9 Å². The highest BCUT2D eigenvalue weighted by molar-refractivity contribution is 6.08. The smallest absolute Gasteiger partial charge is 0.325 e. The van der Waals surface area contributed by atoms with Crippen molar-refractivity contribution in [2.24, 2.45) is 5.92 Å². The summed E-state index contributed by atoms with van der Waals surface area (Å²) in [7, 11) is 0. The van der Waals surface area contributed by atoms with Gasteiger partial charge in [-0.05, 0) is 25.7 Å². The number of rotatable bonds is 6. The Morgan fingerprint density at radius 2 is 1.80 bits per heavy atom. The fourth-order valence-electron chi connectivity index (χ4n) is 2.38. The van der Waals surface area contributed by atoms with Crippen LogP contribution in [0.5, 0.6) is 0 Å². The summed E-state index contributed by atoms with van der Waals surface area (Å²) in [5, 5.41) is 5.16. The molecule has 0 spiro atoms. The summed E-state index contributed by atoms with van der Waals surface area (Å²) in [5.74, 6) is -0.227. The quantitative estimate of drug-likeness (QED) is 0.720. The van der Waals surface area contributed by atoms with E-state index in [0.29, 0.717) is 18.8 Å². The van der Waals surface area contributed by atoms with Crippen molar-refractivity contribution in [3.63, 3.8) is 0 Å². The van der Waals surface area contributed by atoms with Crippen LogP contribution in [0, 0.1) is 5.92 Å². The molecule has 0 aliphatic carbocycles. The highest BCUT2D eigenvalue weighted by Crippen LogP contribution is 2.28. The molecule has 1 unspecified atom stereocenters. The van der Waals surface area contributed by atoms with Gasteiger partial charge in [-0.15, -0.1) is 0 Å². The Labute approximate surface area is 120 Å². The normalized spacial score (nSPS) is 19.2. The third-order valence-corrected chi connectivity index (χ3v) is 4.27. The van der Waals surface area contributed by atoms with Gasteiger partial charge in [0.2, 0.25) is 5.91 Å². The molecule has 0 aromatic rings. The van der Waals surface area contributed by atoms with E-state index in [0.717, 1.165) is 0 Å². The first-order valence-electron chi connectivity index (χ1n) is 7.20. The van der Waals surface area contributed by atoms with Crippen molar-refractivity contribution in [3.8, 4) is 0 Å². The molecule has 4 amide bonds. The zero-order valence-corrected chi connectivity index (χ0v) is 12.9. The van der Waals surface area contributed by atoms with Crippen molar-refractivity contribution in [1.29, 1.82) is 0 Å². The van der Waals surface area contributed by atoms with Gasteiger partial charge in [-0.25, -0.2) is 4.79 Å². The molecule has 0 saturated carbocycles. The van der Waals surface area contributed by atoms with Crippen LogP contribution in [0.1, 0.15) is 47.5 Å². The first-order chi connectivity index (χ1) is 9.28. The molecule has 1 fully saturated rings. The molecular formula is C14H25N3O3. The maximum atomic E-state index is 12.0. The molecule has 0 radical (unpaired) electrons. The number of carbonyl (C=O) groups excluding carboxylic acids is 3. The third-order valence-electron chi connectivity index (χ3n) is 4.27. The molecule has 1 aliphatic rings. The van der Waals surface area contributed by atoms with Gasteiger partial charge in [0.15, 0.2) is 0 Å². The van der Waals surface area contributed by atoms with Crippen LogP contribution in [0.25, 0.3) is 0 Å². The van der Waals surface area contributed by atoms with Crippen molar-refractivity contribution in [1.82, 2.24) is 15.5 Å². The van der Waals surface area contributed by atoms with E-state index in [4.69, 9.17) is 0 Å². The Kier molecular flexibility index (Phi) is 5.14. The first-order valence-corrected chi connectivity index (χ1v) is 7.20. The molecule has 1 aliphatic heterocycles. The van der Waals surface area contributed by atoms with Gasteiger partial charge in [0.1, 0.15) is 12.1 Å². The second-order valence-electron chi connectivity index (χ2n) is 5.68. The lowest BCUT2D eigenvalue weighted by Gasteiger charge is -2.33. The summed E-state index contributed by atoms with van der Waals surface area (Å²) in [4.78, 5) is 37.3. The van der Waals surface area contributed by atoms with Crippen LogP contribution in [0.4, 0.5) is 4.79 Å². The number of urea groups is 1. The largest absolute Gasteiger partial charge is 0.352 e. The predicted octanol–water partition coefficient (Wildman–Crippen LogP) is 1.26. The van der Waals surface area contributed by atoms with Crippen molar-refractivity contribution in [3.05, 3.63) is 0 Å². The molecule has 0 aromatic carbocycles. The van der Waals surface area contributed by atoms with Gasteiger partial charge in [-0.2, -0.15) is 0 Å². The van der Waals surface area contributed by atoms with Crippen LogP contribution < -0.4 is 10.6 Å². The molecule has 20 heavy (non-hydrogen) atoms. The van der Waals surface area contributed by atoms with Crippen LogP contribution in [-0.4, -0.2) is 40.9 Å². The van der Waals surface area contributed by atoms with Crippen molar-refractivity contribution >= 4 is 17.8 Å². The van der Waals surface area contributed by atoms with E-state index in [1.165, 1.54) is 4.90 Å². The second kappa shape index (κ2) is 6.24. The Morgan fingerprint density at radius 3 is 2.25 bits per heavy atom. The van der Waals surface area contributed by atoms with E-state index in [2.05, 4.69) is 10.6 Å². The SMILES string of the molecule is CCC1(CC)C(=O)NC(=O)N1CC(=O)NC(C)C(C)C. The van der Waals surface area contributed by atoms with Gasteiger partial charge in [0.05, 0.1) is 0 Å². The summed E-state index contributed by atoms with van der Waals surface area (Å²) in [5.41, 5.74) is -0.893. The number of carbonyl (C=O) groups is 3. The number of hydrogen-bond donors (Lipinski definition) is 2. The summed E-state index contributed by atoms with van der Waals surface area (Å²) in [6.07, 6.45) is 0.988. The van der Waals surface area contributed by atoms with E-state index < -0.39 is 11.6 Å². The van der Waals surface area contributed by atoms with Crippen LogP contribution >= 0.6 is 0 Å². The van der Waals surface area contributed by atoms with Crippen LogP contribution in [0.3, 0.4) is 0 Å². The summed E-state index contributed by atoms with van der Waals surface area (Å²) >= 11 is 0. The Bertz CT molecular complexity index is 402. The topological polar surface area (TPSA) is 78.5 Å². The van der Waals surface area contributed by atoms with Gasteiger partial charge in [-0.1, -0.05) is 27.7 Å².